The summed E-state index contributed by atoms with van der Waals surface area (Å²) in [5, 5.41) is 7.36. The van der Waals surface area contributed by atoms with Gasteiger partial charge in [0, 0.05) is 19.0 Å². The van der Waals surface area contributed by atoms with E-state index in [1.807, 2.05) is 41.8 Å². The van der Waals surface area contributed by atoms with E-state index in [2.05, 4.69) is 5.10 Å². The average Bonchev–Trinajstić information content (AvgIpc) is 3.36. The van der Waals surface area contributed by atoms with Crippen molar-refractivity contribution in [2.75, 3.05) is 26.5 Å². The van der Waals surface area contributed by atoms with Gasteiger partial charge in [0.05, 0.1) is 19.9 Å². The van der Waals surface area contributed by atoms with E-state index in [1.165, 1.54) is 26.6 Å². The molecule has 1 aromatic carbocycles. The predicted molar refractivity (Wildman–Crippen MR) is 116 cm³/mol. The summed E-state index contributed by atoms with van der Waals surface area (Å²) in [5.41, 5.74) is 0.673. The summed E-state index contributed by atoms with van der Waals surface area (Å²) in [4.78, 5) is 13.3. The maximum Gasteiger partial charge on any atom is 0.351 e. The van der Waals surface area contributed by atoms with E-state index in [1.54, 1.807) is 11.7 Å². The van der Waals surface area contributed by atoms with Gasteiger partial charge in [0.2, 0.25) is 10.0 Å². The Kier molecular flexibility index (Phi) is 5.81. The standard InChI is InChI=1S/C20H24N4O4S2/c1-28-17-8-3-6-15(12-17)13-23-20(25)24(18-9-5-11-29-18)19(21-23)16-7-4-10-22(14-16)30(2,26)27/h3,5-6,8-9,11-12,16H,4,7,10,13-14H2,1-2H3. The van der Waals surface area contributed by atoms with Crippen molar-refractivity contribution in [1.82, 2.24) is 18.7 Å². The van der Waals surface area contributed by atoms with Crippen LogP contribution in [0.2, 0.25) is 0 Å². The number of nitrogens with zero attached hydrogens (tertiary/aromatic N) is 4. The molecule has 1 unspecified atom stereocenters. The van der Waals surface area contributed by atoms with Crippen LogP contribution in [0.1, 0.15) is 30.1 Å². The molecular weight excluding hydrogens is 424 g/mol. The molecule has 3 heterocycles. The van der Waals surface area contributed by atoms with Gasteiger partial charge >= 0.3 is 5.69 Å². The molecule has 30 heavy (non-hydrogen) atoms. The molecule has 0 aliphatic carbocycles. The number of sulfonamides is 1. The van der Waals surface area contributed by atoms with Crippen molar-refractivity contribution in [3.8, 4) is 10.8 Å². The molecule has 0 radical (unpaired) electrons. The summed E-state index contributed by atoms with van der Waals surface area (Å²) < 4.78 is 34.0. The lowest BCUT2D eigenvalue weighted by Gasteiger charge is -2.30. The summed E-state index contributed by atoms with van der Waals surface area (Å²) in [7, 11) is -1.69. The first-order valence-corrected chi connectivity index (χ1v) is 12.4. The minimum Gasteiger partial charge on any atom is -0.497 e. The fourth-order valence-electron chi connectivity index (χ4n) is 3.79. The van der Waals surface area contributed by atoms with Gasteiger partial charge in [0.15, 0.2) is 0 Å². The molecule has 1 aliphatic heterocycles. The molecule has 0 amide bonds. The van der Waals surface area contributed by atoms with Gasteiger partial charge in [-0.2, -0.15) is 5.10 Å². The van der Waals surface area contributed by atoms with E-state index in [0.717, 1.165) is 29.2 Å². The Balaban J connectivity index is 1.74. The molecular formula is C20H24N4O4S2. The molecule has 1 aliphatic rings. The van der Waals surface area contributed by atoms with Crippen LogP contribution in [0.15, 0.2) is 46.6 Å². The van der Waals surface area contributed by atoms with E-state index in [4.69, 9.17) is 4.74 Å². The van der Waals surface area contributed by atoms with Crippen molar-refractivity contribution in [1.29, 1.82) is 0 Å². The molecule has 3 aromatic rings. The van der Waals surface area contributed by atoms with Crippen LogP contribution in [0.3, 0.4) is 0 Å². The number of hydrogen-bond donors (Lipinski definition) is 0. The third-order valence-electron chi connectivity index (χ3n) is 5.28. The molecule has 10 heteroatoms. The zero-order valence-electron chi connectivity index (χ0n) is 16.9. The molecule has 0 saturated carbocycles. The number of ether oxygens (including phenoxy) is 1. The molecule has 4 rings (SSSR count). The Bertz CT molecular complexity index is 1180. The van der Waals surface area contributed by atoms with Crippen LogP contribution in [-0.4, -0.2) is 53.5 Å². The second-order valence-corrected chi connectivity index (χ2v) is 10.3. The topological polar surface area (TPSA) is 86.4 Å². The van der Waals surface area contributed by atoms with Crippen molar-refractivity contribution in [3.63, 3.8) is 0 Å². The number of piperidine rings is 1. The largest absolute Gasteiger partial charge is 0.497 e. The van der Waals surface area contributed by atoms with Crippen LogP contribution < -0.4 is 10.4 Å². The highest BCUT2D eigenvalue weighted by Gasteiger charge is 2.31. The molecule has 1 atom stereocenters. The van der Waals surface area contributed by atoms with Crippen LogP contribution in [0.4, 0.5) is 0 Å². The minimum atomic E-state index is -3.29. The van der Waals surface area contributed by atoms with Gasteiger partial charge in [-0.15, -0.1) is 11.3 Å². The number of rotatable bonds is 6. The lowest BCUT2D eigenvalue weighted by atomic mass is 9.99. The van der Waals surface area contributed by atoms with Crippen molar-refractivity contribution < 1.29 is 13.2 Å². The Morgan fingerprint density at radius 3 is 2.80 bits per heavy atom. The first-order valence-electron chi connectivity index (χ1n) is 9.68. The lowest BCUT2D eigenvalue weighted by Crippen LogP contribution is -2.39. The predicted octanol–water partition coefficient (Wildman–Crippen LogP) is 2.29. The zero-order valence-corrected chi connectivity index (χ0v) is 18.5. The third kappa shape index (κ3) is 4.21. The van der Waals surface area contributed by atoms with Gasteiger partial charge in [-0.25, -0.2) is 26.8 Å². The quantitative estimate of drug-likeness (QED) is 0.578. The summed E-state index contributed by atoms with van der Waals surface area (Å²) in [5.74, 6) is 1.18. The number of thiophene rings is 1. The molecule has 0 N–H and O–H groups in total. The maximum absolute atomic E-state index is 13.3. The molecule has 8 nitrogen and oxygen atoms in total. The smallest absolute Gasteiger partial charge is 0.351 e. The average molecular weight is 449 g/mol. The highest BCUT2D eigenvalue weighted by Crippen LogP contribution is 2.29. The first kappa shape index (κ1) is 20.8. The van der Waals surface area contributed by atoms with Crippen molar-refractivity contribution in [2.45, 2.75) is 25.3 Å². The van der Waals surface area contributed by atoms with Gasteiger partial charge in [0.1, 0.15) is 16.6 Å². The summed E-state index contributed by atoms with van der Waals surface area (Å²) in [6.07, 6.45) is 2.75. The Morgan fingerprint density at radius 2 is 2.10 bits per heavy atom. The van der Waals surface area contributed by atoms with Crippen LogP contribution in [0, 0.1) is 0 Å². The second kappa shape index (κ2) is 8.37. The summed E-state index contributed by atoms with van der Waals surface area (Å²) in [6.45, 7) is 1.15. The normalized spacial score (nSPS) is 17.9. The van der Waals surface area contributed by atoms with E-state index in [-0.39, 0.29) is 11.6 Å². The van der Waals surface area contributed by atoms with E-state index in [0.29, 0.717) is 25.5 Å². The van der Waals surface area contributed by atoms with Gasteiger partial charge in [0.25, 0.3) is 0 Å². The van der Waals surface area contributed by atoms with Crippen LogP contribution >= 0.6 is 11.3 Å². The summed E-state index contributed by atoms with van der Waals surface area (Å²) in [6, 6.07) is 11.3. The molecule has 0 spiro atoms. The highest BCUT2D eigenvalue weighted by atomic mass is 32.2. The molecule has 0 bridgehead atoms. The highest BCUT2D eigenvalue weighted by molar-refractivity contribution is 7.88. The number of aromatic nitrogens is 3. The van der Waals surface area contributed by atoms with Gasteiger partial charge < -0.3 is 4.74 Å². The number of hydrogen-bond acceptors (Lipinski definition) is 6. The monoisotopic (exact) mass is 448 g/mol. The fraction of sp³-hybridized carbons (Fsp3) is 0.400. The van der Waals surface area contributed by atoms with E-state index in [9.17, 15) is 13.2 Å². The van der Waals surface area contributed by atoms with Crippen molar-refractivity contribution in [3.05, 3.63) is 63.7 Å². The minimum absolute atomic E-state index is 0.144. The molecule has 2 aromatic heterocycles. The fourth-order valence-corrected chi connectivity index (χ4v) is 5.44. The van der Waals surface area contributed by atoms with Crippen LogP contribution in [0.25, 0.3) is 5.00 Å². The Hall–Kier alpha value is -2.43. The van der Waals surface area contributed by atoms with Crippen molar-refractivity contribution >= 4 is 21.4 Å². The van der Waals surface area contributed by atoms with Gasteiger partial charge in [-0.1, -0.05) is 12.1 Å². The first-order chi connectivity index (χ1) is 14.4. The summed E-state index contributed by atoms with van der Waals surface area (Å²) >= 11 is 1.46. The van der Waals surface area contributed by atoms with Gasteiger partial charge in [-0.3, -0.25) is 0 Å². The molecule has 1 saturated heterocycles. The van der Waals surface area contributed by atoms with E-state index < -0.39 is 10.0 Å². The number of methoxy groups -OCH3 is 1. The maximum atomic E-state index is 13.3. The van der Waals surface area contributed by atoms with Crippen molar-refractivity contribution in [2.24, 2.45) is 0 Å². The Morgan fingerprint density at radius 1 is 1.27 bits per heavy atom. The third-order valence-corrected chi connectivity index (χ3v) is 7.40. The van der Waals surface area contributed by atoms with Gasteiger partial charge in [-0.05, 0) is 48.1 Å². The lowest BCUT2D eigenvalue weighted by molar-refractivity contribution is 0.308. The van der Waals surface area contributed by atoms with Crippen LogP contribution in [0.5, 0.6) is 5.75 Å². The molecule has 1 fully saturated rings. The SMILES string of the molecule is COc1cccc(Cn2nc(C3CCCN(S(C)(=O)=O)C3)n(-c3cccs3)c2=O)c1. The van der Waals surface area contributed by atoms with Crippen LogP contribution in [-0.2, 0) is 16.6 Å². The Labute approximate surface area is 179 Å². The number of benzene rings is 1. The zero-order chi connectivity index (χ0) is 21.3. The second-order valence-electron chi connectivity index (χ2n) is 7.40. The van der Waals surface area contributed by atoms with E-state index >= 15 is 0 Å². The molecule has 160 valence electrons.